The number of aliphatic imine (C=N–C) groups is 1. The van der Waals surface area contributed by atoms with Gasteiger partial charge in [-0.1, -0.05) is 12.8 Å². The predicted octanol–water partition coefficient (Wildman–Crippen LogP) is 3.33. The van der Waals surface area contributed by atoms with E-state index in [9.17, 15) is 0 Å². The molecule has 176 valence electrons. The van der Waals surface area contributed by atoms with E-state index in [-0.39, 0.29) is 24.0 Å². The number of nitrogens with one attached hydrogen (secondary N) is 1. The Morgan fingerprint density at radius 1 is 1.03 bits per heavy atom. The van der Waals surface area contributed by atoms with Gasteiger partial charge in [-0.05, 0) is 64.5 Å². The van der Waals surface area contributed by atoms with Crippen molar-refractivity contribution in [1.82, 2.24) is 29.9 Å². The average molecular weight is 544 g/mol. The van der Waals surface area contributed by atoms with Gasteiger partial charge in [0.15, 0.2) is 5.96 Å². The molecule has 0 saturated carbocycles. The number of guanidine groups is 1. The maximum absolute atomic E-state index is 4.97. The number of fused-ring (bicyclic) bond motifs is 1. The molecule has 4 rings (SSSR count). The summed E-state index contributed by atoms with van der Waals surface area (Å²) >= 11 is 0. The number of aryl methyl sites for hydroxylation is 2. The zero-order valence-electron chi connectivity index (χ0n) is 19.4. The third-order valence-corrected chi connectivity index (χ3v) is 6.89. The van der Waals surface area contributed by atoms with Gasteiger partial charge >= 0.3 is 0 Å². The van der Waals surface area contributed by atoms with Crippen LogP contribution in [0.2, 0.25) is 0 Å². The predicted molar refractivity (Wildman–Crippen MR) is 137 cm³/mol. The highest BCUT2D eigenvalue weighted by atomic mass is 127. The molecule has 1 aromatic rings. The molecule has 0 spiro atoms. The molecular weight excluding hydrogens is 501 g/mol. The van der Waals surface area contributed by atoms with Crippen molar-refractivity contribution in [2.75, 3.05) is 45.8 Å². The van der Waals surface area contributed by atoms with Crippen molar-refractivity contribution in [1.29, 1.82) is 0 Å². The number of likely N-dealkylation sites (tertiary alicyclic amines) is 2. The van der Waals surface area contributed by atoms with Crippen LogP contribution in [0, 0.1) is 5.92 Å². The number of aromatic nitrogens is 3. The molecule has 0 aromatic carbocycles. The summed E-state index contributed by atoms with van der Waals surface area (Å²) in [5, 5.41) is 12.4. The average Bonchev–Trinajstić information content (AvgIpc) is 3.31. The molecule has 0 radical (unpaired) electrons. The molecule has 8 heteroatoms. The Morgan fingerprint density at radius 3 is 2.68 bits per heavy atom. The van der Waals surface area contributed by atoms with E-state index in [0.717, 1.165) is 69.7 Å². The lowest BCUT2D eigenvalue weighted by Gasteiger charge is -2.29. The van der Waals surface area contributed by atoms with Gasteiger partial charge in [0.05, 0.1) is 0 Å². The van der Waals surface area contributed by atoms with E-state index in [1.54, 1.807) is 0 Å². The molecule has 2 fully saturated rings. The van der Waals surface area contributed by atoms with Gasteiger partial charge in [-0.25, -0.2) is 0 Å². The fraction of sp³-hybridized carbons (Fsp3) is 0.870. The van der Waals surface area contributed by atoms with Crippen molar-refractivity contribution in [3.8, 4) is 0 Å². The number of halogens is 1. The van der Waals surface area contributed by atoms with Gasteiger partial charge in [-0.2, -0.15) is 0 Å². The lowest BCUT2D eigenvalue weighted by atomic mass is 10.1. The zero-order chi connectivity index (χ0) is 20.6. The molecule has 31 heavy (non-hydrogen) atoms. The Kier molecular flexibility index (Phi) is 10.3. The minimum Gasteiger partial charge on any atom is -0.357 e. The Hall–Kier alpha value is -0.900. The van der Waals surface area contributed by atoms with Crippen LogP contribution in [0.4, 0.5) is 0 Å². The lowest BCUT2D eigenvalue weighted by molar-refractivity contribution is 0.198. The normalized spacial score (nSPS) is 22.7. The van der Waals surface area contributed by atoms with Crippen molar-refractivity contribution in [2.24, 2.45) is 10.9 Å². The second-order valence-electron chi connectivity index (χ2n) is 9.30. The van der Waals surface area contributed by atoms with E-state index in [1.165, 1.54) is 70.4 Å². The topological polar surface area (TPSA) is 61.6 Å². The maximum Gasteiger partial charge on any atom is 0.193 e. The van der Waals surface area contributed by atoms with E-state index in [1.807, 2.05) is 0 Å². The minimum atomic E-state index is 0. The van der Waals surface area contributed by atoms with Crippen LogP contribution in [0.1, 0.15) is 69.9 Å². The summed E-state index contributed by atoms with van der Waals surface area (Å²) in [5.41, 5.74) is 0. The first-order valence-electron chi connectivity index (χ1n) is 12.5. The van der Waals surface area contributed by atoms with Crippen molar-refractivity contribution < 1.29 is 0 Å². The fourth-order valence-electron chi connectivity index (χ4n) is 5.26. The van der Waals surface area contributed by atoms with Crippen LogP contribution in [-0.4, -0.2) is 76.3 Å². The molecule has 1 N–H and O–H groups in total. The smallest absolute Gasteiger partial charge is 0.193 e. The van der Waals surface area contributed by atoms with Gasteiger partial charge < -0.3 is 19.7 Å². The van der Waals surface area contributed by atoms with Crippen LogP contribution in [0.5, 0.6) is 0 Å². The van der Waals surface area contributed by atoms with Gasteiger partial charge in [-0.3, -0.25) is 4.99 Å². The second-order valence-corrected chi connectivity index (χ2v) is 9.30. The Morgan fingerprint density at radius 2 is 1.84 bits per heavy atom. The number of hydrogen-bond donors (Lipinski definition) is 1. The number of hydrogen-bond acceptors (Lipinski definition) is 4. The highest BCUT2D eigenvalue weighted by Crippen LogP contribution is 2.20. The summed E-state index contributed by atoms with van der Waals surface area (Å²) in [5.74, 6) is 4.25. The summed E-state index contributed by atoms with van der Waals surface area (Å²) in [4.78, 5) is 10.1. The van der Waals surface area contributed by atoms with E-state index in [4.69, 9.17) is 4.99 Å². The molecular formula is C23H42IN7. The monoisotopic (exact) mass is 543 g/mol. The van der Waals surface area contributed by atoms with Crippen LogP contribution < -0.4 is 5.32 Å². The Bertz CT molecular complexity index is 683. The molecule has 0 amide bonds. The fourth-order valence-corrected chi connectivity index (χ4v) is 5.26. The molecule has 2 saturated heterocycles. The second kappa shape index (κ2) is 13.0. The largest absolute Gasteiger partial charge is 0.357 e. The quantitative estimate of drug-likeness (QED) is 0.248. The van der Waals surface area contributed by atoms with E-state index < -0.39 is 0 Å². The number of rotatable bonds is 7. The standard InChI is InChI=1S/C23H41N7.HI/c1-2-24-23(29-17-12-20(19-29)18-28-14-6-4-7-15-28)25-13-9-11-22-27-26-21-10-5-3-8-16-30(21)22;/h20H,2-19H2,1H3,(H,24,25);1H. The first-order chi connectivity index (χ1) is 14.8. The van der Waals surface area contributed by atoms with E-state index in [2.05, 4.69) is 36.8 Å². The Labute approximate surface area is 205 Å². The minimum absolute atomic E-state index is 0. The third kappa shape index (κ3) is 7.04. The molecule has 7 nitrogen and oxygen atoms in total. The molecule has 0 bridgehead atoms. The van der Waals surface area contributed by atoms with Crippen LogP contribution in [0.15, 0.2) is 4.99 Å². The highest BCUT2D eigenvalue weighted by molar-refractivity contribution is 14.0. The van der Waals surface area contributed by atoms with Gasteiger partial charge in [0.2, 0.25) is 0 Å². The zero-order valence-corrected chi connectivity index (χ0v) is 21.7. The van der Waals surface area contributed by atoms with E-state index in [0.29, 0.717) is 0 Å². The molecule has 3 aliphatic rings. The first-order valence-corrected chi connectivity index (χ1v) is 12.5. The Balaban J connectivity index is 0.00000272. The third-order valence-electron chi connectivity index (χ3n) is 6.89. The molecule has 3 aliphatic heterocycles. The molecule has 0 aliphatic carbocycles. The van der Waals surface area contributed by atoms with Crippen molar-refractivity contribution in [3.05, 3.63) is 11.6 Å². The first kappa shape index (κ1) is 24.7. The van der Waals surface area contributed by atoms with Crippen LogP contribution >= 0.6 is 24.0 Å². The van der Waals surface area contributed by atoms with Crippen molar-refractivity contribution in [3.63, 3.8) is 0 Å². The molecule has 1 aromatic heterocycles. The molecule has 1 unspecified atom stereocenters. The summed E-state index contributed by atoms with van der Waals surface area (Å²) in [6, 6.07) is 0. The van der Waals surface area contributed by atoms with Crippen molar-refractivity contribution in [2.45, 2.75) is 77.7 Å². The summed E-state index contributed by atoms with van der Waals surface area (Å²) in [7, 11) is 0. The SMILES string of the molecule is CCNC(=NCCCc1nnc2n1CCCCC2)N1CCC(CN2CCCCC2)C1.I. The summed E-state index contributed by atoms with van der Waals surface area (Å²) in [6.07, 6.45) is 12.4. The van der Waals surface area contributed by atoms with Gasteiger partial charge in [0.1, 0.15) is 11.6 Å². The maximum atomic E-state index is 4.97. The van der Waals surface area contributed by atoms with Crippen LogP contribution in [0.25, 0.3) is 0 Å². The summed E-state index contributed by atoms with van der Waals surface area (Å²) < 4.78 is 2.37. The van der Waals surface area contributed by atoms with Crippen molar-refractivity contribution >= 4 is 29.9 Å². The van der Waals surface area contributed by atoms with Crippen LogP contribution in [0.3, 0.4) is 0 Å². The lowest BCUT2D eigenvalue weighted by Crippen LogP contribution is -2.41. The van der Waals surface area contributed by atoms with Crippen LogP contribution in [-0.2, 0) is 19.4 Å². The van der Waals surface area contributed by atoms with E-state index >= 15 is 0 Å². The van der Waals surface area contributed by atoms with Gasteiger partial charge in [0, 0.05) is 52.1 Å². The van der Waals surface area contributed by atoms with Gasteiger partial charge in [0.25, 0.3) is 0 Å². The summed E-state index contributed by atoms with van der Waals surface area (Å²) in [6.45, 7) is 11.2. The number of nitrogens with zero attached hydrogens (tertiary/aromatic N) is 6. The number of piperidine rings is 1. The molecule has 1 atom stereocenters. The highest BCUT2D eigenvalue weighted by Gasteiger charge is 2.27. The molecule has 4 heterocycles. The van der Waals surface area contributed by atoms with Gasteiger partial charge in [-0.15, -0.1) is 34.2 Å².